The number of rotatable bonds is 5. The number of likely N-dealkylation sites (N-methyl/N-ethyl adjacent to an activating group) is 1. The lowest BCUT2D eigenvalue weighted by Gasteiger charge is -2.39. The van der Waals surface area contributed by atoms with Crippen LogP contribution in [-0.4, -0.2) is 81.9 Å². The molecule has 9 heteroatoms. The summed E-state index contributed by atoms with van der Waals surface area (Å²) < 4.78 is 2.00. The molecule has 3 aliphatic heterocycles. The van der Waals surface area contributed by atoms with E-state index in [0.717, 1.165) is 74.5 Å². The highest BCUT2D eigenvalue weighted by Gasteiger charge is 2.31. The minimum Gasteiger partial charge on any atom is -0.374 e. The van der Waals surface area contributed by atoms with Crippen molar-refractivity contribution in [2.24, 2.45) is 0 Å². The van der Waals surface area contributed by atoms with Crippen molar-refractivity contribution in [3.05, 3.63) is 57.9 Å². The molecule has 5 heterocycles. The summed E-state index contributed by atoms with van der Waals surface area (Å²) in [5, 5.41) is 8.57. The van der Waals surface area contributed by atoms with Gasteiger partial charge in [0.25, 0.3) is 0 Å². The molecule has 3 aliphatic rings. The highest BCUT2D eigenvalue weighted by molar-refractivity contribution is 5.93. The van der Waals surface area contributed by atoms with Crippen LogP contribution in [-0.2, 0) is 19.5 Å². The number of nitrogens with zero attached hydrogens (tertiary/aromatic N) is 7. The molecule has 0 spiro atoms. The molecule has 0 radical (unpaired) electrons. The van der Waals surface area contributed by atoms with Crippen molar-refractivity contribution in [1.29, 1.82) is 0 Å². The first-order valence-corrected chi connectivity index (χ1v) is 13.7. The molecule has 9 nitrogen and oxygen atoms in total. The van der Waals surface area contributed by atoms with Gasteiger partial charge in [0.2, 0.25) is 0 Å². The first-order valence-electron chi connectivity index (χ1n) is 13.7. The third kappa shape index (κ3) is 4.39. The lowest BCUT2D eigenvalue weighted by Crippen LogP contribution is -2.47. The standard InChI is InChI=1S/C28H38N8O/c1-4-10-33-13-15-34(16-14-33)27-22-9-12-35(26-20(2)7-8-24-23(26)17-29-31-24)19-25(22)36(28(37)30-27)18-21-6-5-11-32(21)3/h4,7-8,10,17,21H,5-6,9,11-16,18-19H2,1-3H3,(H,29,31). The highest BCUT2D eigenvalue weighted by Crippen LogP contribution is 2.35. The molecule has 0 saturated carbocycles. The number of aromatic nitrogens is 4. The van der Waals surface area contributed by atoms with Crippen LogP contribution in [0.25, 0.3) is 10.9 Å². The Bertz CT molecular complexity index is 1370. The van der Waals surface area contributed by atoms with Crippen LogP contribution in [0.1, 0.15) is 36.6 Å². The lowest BCUT2D eigenvalue weighted by molar-refractivity contribution is 0.275. The monoisotopic (exact) mass is 502 g/mol. The Morgan fingerprint density at radius 1 is 1.11 bits per heavy atom. The minimum absolute atomic E-state index is 0.106. The van der Waals surface area contributed by atoms with E-state index in [9.17, 15) is 4.79 Å². The maximum Gasteiger partial charge on any atom is 0.349 e. The summed E-state index contributed by atoms with van der Waals surface area (Å²) in [7, 11) is 2.18. The molecule has 3 aromatic rings. The Hall–Kier alpha value is -3.33. The SMILES string of the molecule is CC=CN1CCN(c2nc(=O)n(CC3CCCN3C)c3c2CCN(c2c(C)ccc4[nH]ncc24)C3)CC1. The van der Waals surface area contributed by atoms with E-state index in [2.05, 4.69) is 75.1 Å². The fourth-order valence-electron chi connectivity index (χ4n) is 6.46. The van der Waals surface area contributed by atoms with Crippen LogP contribution in [0.15, 0.2) is 35.4 Å². The van der Waals surface area contributed by atoms with Crippen LogP contribution in [0.3, 0.4) is 0 Å². The zero-order valence-corrected chi connectivity index (χ0v) is 22.3. The van der Waals surface area contributed by atoms with Crippen LogP contribution >= 0.6 is 0 Å². The zero-order valence-electron chi connectivity index (χ0n) is 22.3. The summed E-state index contributed by atoms with van der Waals surface area (Å²) in [5.74, 6) is 0.911. The van der Waals surface area contributed by atoms with Crippen LogP contribution in [0.5, 0.6) is 0 Å². The molecule has 0 amide bonds. The summed E-state index contributed by atoms with van der Waals surface area (Å²) in [4.78, 5) is 27.9. The summed E-state index contributed by atoms with van der Waals surface area (Å²) in [6.45, 7) is 11.3. The summed E-state index contributed by atoms with van der Waals surface area (Å²) in [6, 6.07) is 4.64. The molecular formula is C28H38N8O. The first kappa shape index (κ1) is 24.0. The van der Waals surface area contributed by atoms with E-state index in [1.807, 2.05) is 10.8 Å². The van der Waals surface area contributed by atoms with E-state index in [0.29, 0.717) is 19.1 Å². The third-order valence-corrected chi connectivity index (χ3v) is 8.50. The molecule has 37 heavy (non-hydrogen) atoms. The topological polar surface area (TPSA) is 76.5 Å². The number of H-pyrrole nitrogens is 1. The molecule has 0 bridgehead atoms. The van der Waals surface area contributed by atoms with E-state index in [4.69, 9.17) is 4.98 Å². The molecule has 1 unspecified atom stereocenters. The van der Waals surface area contributed by atoms with E-state index >= 15 is 0 Å². The van der Waals surface area contributed by atoms with E-state index in [-0.39, 0.29) is 5.69 Å². The second kappa shape index (κ2) is 9.85. The number of anilines is 2. The van der Waals surface area contributed by atoms with Crippen molar-refractivity contribution in [1.82, 2.24) is 29.5 Å². The van der Waals surface area contributed by atoms with Gasteiger partial charge < -0.3 is 19.6 Å². The normalized spacial score (nSPS) is 20.9. The molecule has 6 rings (SSSR count). The van der Waals surface area contributed by atoms with Crippen molar-refractivity contribution >= 4 is 22.4 Å². The number of fused-ring (bicyclic) bond motifs is 2. The predicted octanol–water partition coefficient (Wildman–Crippen LogP) is 2.74. The van der Waals surface area contributed by atoms with Crippen LogP contribution in [0.2, 0.25) is 0 Å². The summed E-state index contributed by atoms with van der Waals surface area (Å²) >= 11 is 0. The van der Waals surface area contributed by atoms with Crippen molar-refractivity contribution in [2.75, 3.05) is 56.1 Å². The van der Waals surface area contributed by atoms with Gasteiger partial charge in [-0.2, -0.15) is 10.1 Å². The van der Waals surface area contributed by atoms with Gasteiger partial charge in [0.15, 0.2) is 0 Å². The molecule has 2 saturated heterocycles. The smallest absolute Gasteiger partial charge is 0.349 e. The van der Waals surface area contributed by atoms with E-state index in [1.54, 1.807) is 0 Å². The molecule has 2 fully saturated rings. The molecule has 0 aliphatic carbocycles. The second-order valence-corrected chi connectivity index (χ2v) is 10.8. The Labute approximate surface area is 218 Å². The minimum atomic E-state index is -0.106. The van der Waals surface area contributed by atoms with Gasteiger partial charge in [-0.15, -0.1) is 0 Å². The van der Waals surface area contributed by atoms with Crippen LogP contribution < -0.4 is 15.5 Å². The van der Waals surface area contributed by atoms with Crippen LogP contribution in [0, 0.1) is 6.92 Å². The van der Waals surface area contributed by atoms with Gasteiger partial charge in [-0.3, -0.25) is 9.67 Å². The molecule has 2 aromatic heterocycles. The summed E-state index contributed by atoms with van der Waals surface area (Å²) in [6.07, 6.45) is 9.37. The van der Waals surface area contributed by atoms with Gasteiger partial charge in [0.1, 0.15) is 5.82 Å². The van der Waals surface area contributed by atoms with Gasteiger partial charge in [0, 0.05) is 62.0 Å². The lowest BCUT2D eigenvalue weighted by atomic mass is 10.0. The number of nitrogens with one attached hydrogen (secondary N) is 1. The molecule has 1 aromatic carbocycles. The maximum atomic E-state index is 13.6. The average molecular weight is 503 g/mol. The quantitative estimate of drug-likeness (QED) is 0.575. The second-order valence-electron chi connectivity index (χ2n) is 10.8. The van der Waals surface area contributed by atoms with Crippen molar-refractivity contribution < 1.29 is 0 Å². The molecular weight excluding hydrogens is 464 g/mol. The van der Waals surface area contributed by atoms with E-state index in [1.165, 1.54) is 23.2 Å². The summed E-state index contributed by atoms with van der Waals surface area (Å²) in [5.41, 5.74) is 5.78. The van der Waals surface area contributed by atoms with Crippen molar-refractivity contribution in [2.45, 2.75) is 52.2 Å². The molecule has 1 atom stereocenters. The highest BCUT2D eigenvalue weighted by atomic mass is 16.1. The number of likely N-dealkylation sites (tertiary alicyclic amines) is 1. The van der Waals surface area contributed by atoms with Gasteiger partial charge in [-0.05, 0) is 64.5 Å². The first-order chi connectivity index (χ1) is 18.0. The number of piperazine rings is 1. The Balaban J connectivity index is 1.40. The Morgan fingerprint density at radius 3 is 2.70 bits per heavy atom. The number of allylic oxidation sites excluding steroid dienone is 1. The van der Waals surface area contributed by atoms with Crippen LogP contribution in [0.4, 0.5) is 11.5 Å². The fourth-order valence-corrected chi connectivity index (χ4v) is 6.46. The average Bonchev–Trinajstić information content (AvgIpc) is 3.54. The van der Waals surface area contributed by atoms with Gasteiger partial charge in [-0.1, -0.05) is 12.1 Å². The molecule has 196 valence electrons. The van der Waals surface area contributed by atoms with Gasteiger partial charge in [-0.25, -0.2) is 4.79 Å². The molecule has 1 N–H and O–H groups in total. The largest absolute Gasteiger partial charge is 0.374 e. The Kier molecular flexibility index (Phi) is 6.40. The van der Waals surface area contributed by atoms with E-state index < -0.39 is 0 Å². The van der Waals surface area contributed by atoms with Gasteiger partial charge in [0.05, 0.1) is 23.9 Å². The van der Waals surface area contributed by atoms with Gasteiger partial charge >= 0.3 is 5.69 Å². The number of aromatic amines is 1. The number of hydrogen-bond acceptors (Lipinski definition) is 7. The third-order valence-electron chi connectivity index (χ3n) is 8.50. The Morgan fingerprint density at radius 2 is 1.95 bits per heavy atom. The number of aryl methyl sites for hydroxylation is 1. The predicted molar refractivity (Wildman–Crippen MR) is 148 cm³/mol. The number of hydrogen-bond donors (Lipinski definition) is 1. The fraction of sp³-hybridized carbons (Fsp3) is 0.536. The van der Waals surface area contributed by atoms with Crippen molar-refractivity contribution in [3.63, 3.8) is 0 Å². The number of benzene rings is 1. The maximum absolute atomic E-state index is 13.6. The zero-order chi connectivity index (χ0) is 25.5. The van der Waals surface area contributed by atoms with Crippen molar-refractivity contribution in [3.8, 4) is 0 Å².